The summed E-state index contributed by atoms with van der Waals surface area (Å²) in [6.07, 6.45) is 0.525. The fourth-order valence-electron chi connectivity index (χ4n) is 2.74. The molecule has 0 spiro atoms. The summed E-state index contributed by atoms with van der Waals surface area (Å²) in [5, 5.41) is 11.7. The maximum atomic E-state index is 12.4. The number of hydrogen-bond acceptors (Lipinski definition) is 4. The minimum Gasteiger partial charge on any atom is -0.478 e. The second-order valence-electron chi connectivity index (χ2n) is 5.05. The molecule has 2 aliphatic heterocycles. The van der Waals surface area contributed by atoms with Gasteiger partial charge in [0, 0.05) is 18.8 Å². The number of nitrogens with zero attached hydrogens (tertiary/aromatic N) is 1. The van der Waals surface area contributed by atoms with Crippen molar-refractivity contribution in [3.05, 3.63) is 34.9 Å². The summed E-state index contributed by atoms with van der Waals surface area (Å²) in [5.41, 5.74) is 1.98. The predicted octanol–water partition coefficient (Wildman–Crippen LogP) is 1.09. The molecule has 1 aromatic rings. The third-order valence-corrected chi connectivity index (χ3v) is 4.66. The molecule has 110 valence electrons. The summed E-state index contributed by atoms with van der Waals surface area (Å²) in [5.74, 6) is -0.582. The molecule has 21 heavy (non-hydrogen) atoms. The molecule has 2 heterocycles. The molecular weight excluding hydrogens is 292 g/mol. The maximum Gasteiger partial charge on any atom is 0.335 e. The molecule has 6 nitrogen and oxygen atoms in total. The van der Waals surface area contributed by atoms with Crippen LogP contribution in [-0.4, -0.2) is 45.5 Å². The van der Waals surface area contributed by atoms with Crippen molar-refractivity contribution < 1.29 is 19.5 Å². The molecule has 1 saturated heterocycles. The zero-order valence-electron chi connectivity index (χ0n) is 11.2. The molecule has 1 atom stereocenters. The number of carbonyl (C=O) groups is 3. The van der Waals surface area contributed by atoms with E-state index >= 15 is 0 Å². The van der Waals surface area contributed by atoms with Crippen LogP contribution in [0.25, 0.3) is 0 Å². The Labute approximate surface area is 125 Å². The van der Waals surface area contributed by atoms with Crippen molar-refractivity contribution in [1.29, 1.82) is 0 Å². The molecule has 0 aromatic heterocycles. The van der Waals surface area contributed by atoms with Gasteiger partial charge in [-0.25, -0.2) is 4.79 Å². The van der Waals surface area contributed by atoms with Crippen LogP contribution in [0.3, 0.4) is 0 Å². The molecule has 1 aromatic carbocycles. The number of amides is 2. The van der Waals surface area contributed by atoms with Crippen LogP contribution >= 0.6 is 11.8 Å². The maximum absolute atomic E-state index is 12.4. The van der Waals surface area contributed by atoms with E-state index in [2.05, 4.69) is 5.32 Å². The molecule has 0 aliphatic carbocycles. The number of carboxylic acids is 1. The molecule has 2 aliphatic rings. The van der Waals surface area contributed by atoms with E-state index in [0.717, 1.165) is 22.9 Å². The number of carbonyl (C=O) groups excluding carboxylic acids is 2. The van der Waals surface area contributed by atoms with E-state index in [1.165, 1.54) is 0 Å². The highest BCUT2D eigenvalue weighted by molar-refractivity contribution is 8.14. The molecule has 2 amide bonds. The normalized spacial score (nSPS) is 20.9. The topological polar surface area (TPSA) is 86.7 Å². The van der Waals surface area contributed by atoms with Crippen LogP contribution in [0.2, 0.25) is 0 Å². The first-order valence-corrected chi connectivity index (χ1v) is 7.61. The summed E-state index contributed by atoms with van der Waals surface area (Å²) in [7, 11) is 0. The summed E-state index contributed by atoms with van der Waals surface area (Å²) in [4.78, 5) is 36.4. The number of fused-ring (bicyclic) bond motifs is 1. The average Bonchev–Trinajstić information content (AvgIpc) is 2.91. The lowest BCUT2D eigenvalue weighted by atomic mass is 9.94. The summed E-state index contributed by atoms with van der Waals surface area (Å²) < 4.78 is 0. The number of benzene rings is 1. The Hall–Kier alpha value is -2.02. The fraction of sp³-hybridized carbons (Fsp3) is 0.357. The van der Waals surface area contributed by atoms with E-state index in [9.17, 15) is 19.5 Å². The highest BCUT2D eigenvalue weighted by atomic mass is 32.2. The number of carboxylic acid groups (broad SMARTS) is 1. The monoisotopic (exact) mass is 306 g/mol. The Kier molecular flexibility index (Phi) is 3.59. The van der Waals surface area contributed by atoms with Gasteiger partial charge in [0.2, 0.25) is 5.91 Å². The lowest BCUT2D eigenvalue weighted by Gasteiger charge is -2.31. The highest BCUT2D eigenvalue weighted by Crippen LogP contribution is 2.24. The Morgan fingerprint density at radius 3 is 2.86 bits per heavy atom. The van der Waals surface area contributed by atoms with Crippen LogP contribution in [0.15, 0.2) is 18.2 Å². The van der Waals surface area contributed by atoms with Crippen LogP contribution in [0.5, 0.6) is 0 Å². The van der Waals surface area contributed by atoms with Crippen LogP contribution in [0.1, 0.15) is 21.5 Å². The summed E-state index contributed by atoms with van der Waals surface area (Å²) >= 11 is 1.11. The highest BCUT2D eigenvalue weighted by Gasteiger charge is 2.33. The number of rotatable bonds is 2. The first-order chi connectivity index (χ1) is 10.1. The Morgan fingerprint density at radius 1 is 1.38 bits per heavy atom. The first-order valence-electron chi connectivity index (χ1n) is 6.62. The minimum absolute atomic E-state index is 0.0975. The van der Waals surface area contributed by atoms with E-state index in [4.69, 9.17) is 0 Å². The van der Waals surface area contributed by atoms with Crippen molar-refractivity contribution >= 4 is 28.9 Å². The van der Waals surface area contributed by atoms with Crippen molar-refractivity contribution in [3.63, 3.8) is 0 Å². The van der Waals surface area contributed by atoms with Crippen molar-refractivity contribution in [2.45, 2.75) is 19.0 Å². The third-order valence-electron chi connectivity index (χ3n) is 3.78. The third kappa shape index (κ3) is 2.61. The molecule has 1 fully saturated rings. The molecule has 0 radical (unpaired) electrons. The fourth-order valence-corrected chi connectivity index (χ4v) is 3.51. The average molecular weight is 306 g/mol. The van der Waals surface area contributed by atoms with Crippen LogP contribution < -0.4 is 5.32 Å². The van der Waals surface area contributed by atoms with Gasteiger partial charge in [-0.3, -0.25) is 9.59 Å². The van der Waals surface area contributed by atoms with Crippen LogP contribution in [0, 0.1) is 0 Å². The quantitative estimate of drug-likeness (QED) is 0.854. The zero-order chi connectivity index (χ0) is 15.0. The van der Waals surface area contributed by atoms with Gasteiger partial charge in [0.15, 0.2) is 0 Å². The van der Waals surface area contributed by atoms with Gasteiger partial charge in [-0.2, -0.15) is 0 Å². The number of nitrogens with one attached hydrogen (secondary N) is 1. The van der Waals surface area contributed by atoms with Gasteiger partial charge in [0.1, 0.15) is 6.04 Å². The van der Waals surface area contributed by atoms with Crippen molar-refractivity contribution in [3.8, 4) is 0 Å². The van der Waals surface area contributed by atoms with Gasteiger partial charge < -0.3 is 15.3 Å². The second-order valence-corrected chi connectivity index (χ2v) is 6.05. The van der Waals surface area contributed by atoms with Crippen molar-refractivity contribution in [2.24, 2.45) is 0 Å². The lowest BCUT2D eigenvalue weighted by Crippen LogP contribution is -2.47. The predicted molar refractivity (Wildman–Crippen MR) is 77.3 cm³/mol. The molecular formula is C14H14N2O4S. The Morgan fingerprint density at radius 2 is 2.19 bits per heavy atom. The molecule has 7 heteroatoms. The van der Waals surface area contributed by atoms with Crippen LogP contribution in [-0.2, 0) is 17.8 Å². The van der Waals surface area contributed by atoms with E-state index in [1.807, 2.05) is 6.07 Å². The smallest absolute Gasteiger partial charge is 0.335 e. The van der Waals surface area contributed by atoms with Gasteiger partial charge in [0.05, 0.1) is 5.56 Å². The van der Waals surface area contributed by atoms with Crippen molar-refractivity contribution in [2.75, 3.05) is 12.3 Å². The van der Waals surface area contributed by atoms with Gasteiger partial charge in [-0.05, 0) is 23.6 Å². The zero-order valence-corrected chi connectivity index (χ0v) is 12.0. The van der Waals surface area contributed by atoms with Crippen molar-refractivity contribution in [1.82, 2.24) is 10.2 Å². The standard InChI is InChI=1S/C14H14N2O4S/c17-12(11-7-21-14(20)15-11)16-5-4-9-8(6-16)2-1-3-10(9)13(18)19/h1-3,11H,4-7H2,(H,15,20)(H,18,19). The van der Waals surface area contributed by atoms with Gasteiger partial charge in [-0.15, -0.1) is 0 Å². The van der Waals surface area contributed by atoms with E-state index in [1.54, 1.807) is 17.0 Å². The molecule has 0 bridgehead atoms. The van der Waals surface area contributed by atoms with E-state index in [-0.39, 0.29) is 11.1 Å². The largest absolute Gasteiger partial charge is 0.478 e. The summed E-state index contributed by atoms with van der Waals surface area (Å²) in [6.45, 7) is 0.874. The first kappa shape index (κ1) is 13.9. The van der Waals surface area contributed by atoms with Gasteiger partial charge in [-0.1, -0.05) is 23.9 Å². The van der Waals surface area contributed by atoms with Gasteiger partial charge in [0.25, 0.3) is 5.24 Å². The van der Waals surface area contributed by atoms with Crippen LogP contribution in [0.4, 0.5) is 4.79 Å². The Bertz CT molecular complexity index is 631. The van der Waals surface area contributed by atoms with Gasteiger partial charge >= 0.3 is 5.97 Å². The molecule has 1 unspecified atom stereocenters. The van der Waals surface area contributed by atoms with E-state index < -0.39 is 12.0 Å². The number of aromatic carboxylic acids is 1. The molecule has 2 N–H and O–H groups in total. The summed E-state index contributed by atoms with van der Waals surface area (Å²) in [6, 6.07) is 4.67. The number of hydrogen-bond donors (Lipinski definition) is 2. The minimum atomic E-state index is -0.939. The Balaban J connectivity index is 1.79. The lowest BCUT2D eigenvalue weighted by molar-refractivity contribution is -0.133. The van der Waals surface area contributed by atoms with E-state index in [0.29, 0.717) is 30.8 Å². The molecule has 0 saturated carbocycles. The number of thioether (sulfide) groups is 1. The SMILES string of the molecule is O=C1NC(C(=O)N2CCc3c(cccc3C(=O)O)C2)CS1. The molecule has 3 rings (SSSR count). The second kappa shape index (κ2) is 5.40.